The normalized spacial score (nSPS) is 10.9. The average Bonchev–Trinajstić information content (AvgIpc) is 2.87. The fraction of sp³-hybridized carbons (Fsp3) is 0.500. The van der Waals surface area contributed by atoms with Crippen molar-refractivity contribution in [3.8, 4) is 0 Å². The van der Waals surface area contributed by atoms with Crippen molar-refractivity contribution in [2.75, 3.05) is 26.0 Å². The van der Waals surface area contributed by atoms with Crippen LogP contribution in [0.15, 0.2) is 9.59 Å². The molecular weight excluding hydrogens is 276 g/mol. The van der Waals surface area contributed by atoms with Crippen LogP contribution in [0, 0.1) is 0 Å². The van der Waals surface area contributed by atoms with Crippen molar-refractivity contribution in [3.63, 3.8) is 0 Å². The maximum Gasteiger partial charge on any atom is 0.332 e. The van der Waals surface area contributed by atoms with Crippen molar-refractivity contribution in [2.24, 2.45) is 14.1 Å². The van der Waals surface area contributed by atoms with Gasteiger partial charge in [0.2, 0.25) is 11.9 Å². The van der Waals surface area contributed by atoms with E-state index in [1.807, 2.05) is 0 Å². The second-order valence-corrected chi connectivity index (χ2v) is 4.95. The maximum atomic E-state index is 12.0. The smallest absolute Gasteiger partial charge is 0.332 e. The van der Waals surface area contributed by atoms with Gasteiger partial charge >= 0.3 is 5.69 Å². The summed E-state index contributed by atoms with van der Waals surface area (Å²) in [4.78, 5) is 43.7. The molecule has 2 aromatic heterocycles. The number of rotatable bonds is 4. The Morgan fingerprint density at radius 2 is 1.95 bits per heavy atom. The molecule has 0 aromatic carbocycles. The average molecular weight is 294 g/mol. The Kier molecular flexibility index (Phi) is 3.83. The first-order valence-electron chi connectivity index (χ1n) is 6.42. The summed E-state index contributed by atoms with van der Waals surface area (Å²) in [6, 6.07) is 0. The van der Waals surface area contributed by atoms with Gasteiger partial charge in [-0.05, 0) is 0 Å². The van der Waals surface area contributed by atoms with Crippen molar-refractivity contribution in [3.05, 3.63) is 20.8 Å². The van der Waals surface area contributed by atoms with E-state index in [9.17, 15) is 14.4 Å². The second kappa shape index (κ2) is 5.43. The van der Waals surface area contributed by atoms with E-state index in [-0.39, 0.29) is 17.1 Å². The molecule has 0 unspecified atom stereocenters. The molecular formula is C12H18N6O3. The molecule has 0 atom stereocenters. The number of amides is 1. The van der Waals surface area contributed by atoms with Gasteiger partial charge in [-0.2, -0.15) is 4.98 Å². The van der Waals surface area contributed by atoms with Crippen molar-refractivity contribution in [1.29, 1.82) is 0 Å². The molecule has 0 saturated heterocycles. The lowest BCUT2D eigenvalue weighted by Crippen LogP contribution is -2.36. The molecule has 2 heterocycles. The monoisotopic (exact) mass is 294 g/mol. The van der Waals surface area contributed by atoms with Gasteiger partial charge in [-0.3, -0.25) is 18.7 Å². The Balaban J connectivity index is 2.26. The van der Waals surface area contributed by atoms with Crippen LogP contribution in [0.5, 0.6) is 0 Å². The van der Waals surface area contributed by atoms with Gasteiger partial charge in [-0.1, -0.05) is 0 Å². The zero-order valence-electron chi connectivity index (χ0n) is 12.4. The van der Waals surface area contributed by atoms with Gasteiger partial charge < -0.3 is 15.2 Å². The molecule has 0 saturated carbocycles. The molecule has 0 fully saturated rings. The third kappa shape index (κ3) is 2.67. The lowest BCUT2D eigenvalue weighted by molar-refractivity contribution is -0.128. The summed E-state index contributed by atoms with van der Waals surface area (Å²) in [6.07, 6.45) is 0.307. The van der Waals surface area contributed by atoms with Crippen LogP contribution in [0.4, 0.5) is 5.95 Å². The molecule has 1 amide bonds. The molecule has 9 nitrogen and oxygen atoms in total. The number of anilines is 1. The standard InChI is InChI=1S/C12H18N6O3/c1-16(2)7(19)5-6-13-11-14-8-9(15-11)17(3)12(21)18(4)10(8)20/h5-6H2,1-4H3,(H2,13,14,15). The zero-order chi connectivity index (χ0) is 15.7. The summed E-state index contributed by atoms with van der Waals surface area (Å²) in [5.41, 5.74) is -0.336. The Labute approximate surface area is 120 Å². The van der Waals surface area contributed by atoms with Gasteiger partial charge in [0, 0.05) is 41.2 Å². The summed E-state index contributed by atoms with van der Waals surface area (Å²) in [7, 11) is 6.32. The molecule has 0 aliphatic rings. The number of nitrogens with zero attached hydrogens (tertiary/aromatic N) is 4. The van der Waals surface area contributed by atoms with Gasteiger partial charge in [0.05, 0.1) is 0 Å². The minimum absolute atomic E-state index is 0.0121. The number of imidazole rings is 1. The van der Waals surface area contributed by atoms with E-state index in [1.165, 1.54) is 16.5 Å². The minimum atomic E-state index is -0.437. The third-order valence-corrected chi connectivity index (χ3v) is 3.22. The van der Waals surface area contributed by atoms with Crippen molar-refractivity contribution >= 4 is 23.0 Å². The highest BCUT2D eigenvalue weighted by Crippen LogP contribution is 2.08. The quantitative estimate of drug-likeness (QED) is 0.741. The molecule has 0 aliphatic carbocycles. The molecule has 2 N–H and O–H groups in total. The van der Waals surface area contributed by atoms with Crippen molar-refractivity contribution in [1.82, 2.24) is 24.0 Å². The summed E-state index contributed by atoms with van der Waals surface area (Å²) in [5, 5.41) is 2.94. The van der Waals surface area contributed by atoms with Crippen LogP contribution in [0.25, 0.3) is 11.2 Å². The van der Waals surface area contributed by atoms with Gasteiger partial charge in [-0.15, -0.1) is 0 Å². The Hall–Kier alpha value is -2.58. The molecule has 2 aromatic rings. The number of hydrogen-bond acceptors (Lipinski definition) is 5. The minimum Gasteiger partial charge on any atom is -0.355 e. The van der Waals surface area contributed by atoms with Gasteiger partial charge in [-0.25, -0.2) is 4.79 Å². The number of fused-ring (bicyclic) bond motifs is 1. The van der Waals surface area contributed by atoms with E-state index in [1.54, 1.807) is 21.1 Å². The van der Waals surface area contributed by atoms with Crippen LogP contribution in [0.3, 0.4) is 0 Å². The number of hydrogen-bond donors (Lipinski definition) is 2. The molecule has 0 spiro atoms. The first-order valence-corrected chi connectivity index (χ1v) is 6.42. The fourth-order valence-electron chi connectivity index (χ4n) is 1.92. The largest absolute Gasteiger partial charge is 0.355 e. The first kappa shape index (κ1) is 14.8. The molecule has 0 radical (unpaired) electrons. The summed E-state index contributed by atoms with van der Waals surface area (Å²) in [6.45, 7) is 0.380. The molecule has 9 heteroatoms. The number of carbonyl (C=O) groups is 1. The highest BCUT2D eigenvalue weighted by Gasteiger charge is 2.13. The molecule has 2 rings (SSSR count). The maximum absolute atomic E-state index is 12.0. The number of nitrogens with one attached hydrogen (secondary N) is 2. The highest BCUT2D eigenvalue weighted by molar-refractivity contribution is 5.76. The van der Waals surface area contributed by atoms with Gasteiger partial charge in [0.1, 0.15) is 0 Å². The number of aromatic amines is 1. The Morgan fingerprint density at radius 3 is 2.57 bits per heavy atom. The van der Waals surface area contributed by atoms with Crippen molar-refractivity contribution in [2.45, 2.75) is 6.42 Å². The fourth-order valence-corrected chi connectivity index (χ4v) is 1.92. The second-order valence-electron chi connectivity index (χ2n) is 4.95. The lowest BCUT2D eigenvalue weighted by Gasteiger charge is -2.09. The predicted octanol–water partition coefficient (Wildman–Crippen LogP) is -1.15. The van der Waals surface area contributed by atoms with Gasteiger partial charge in [0.25, 0.3) is 5.56 Å². The number of aromatic nitrogens is 4. The van der Waals surface area contributed by atoms with E-state index < -0.39 is 11.2 Å². The Morgan fingerprint density at radius 1 is 1.29 bits per heavy atom. The van der Waals surface area contributed by atoms with Crippen molar-refractivity contribution < 1.29 is 4.79 Å². The van der Waals surface area contributed by atoms with Gasteiger partial charge in [0.15, 0.2) is 11.2 Å². The van der Waals surface area contributed by atoms with Crippen LogP contribution >= 0.6 is 0 Å². The van der Waals surface area contributed by atoms with E-state index in [0.29, 0.717) is 18.9 Å². The molecule has 114 valence electrons. The van der Waals surface area contributed by atoms with Crippen LogP contribution in [0.2, 0.25) is 0 Å². The number of aryl methyl sites for hydroxylation is 1. The first-order chi connectivity index (χ1) is 9.82. The lowest BCUT2D eigenvalue weighted by atomic mass is 10.4. The molecule has 0 aliphatic heterocycles. The Bertz CT molecular complexity index is 798. The van der Waals surface area contributed by atoms with Crippen LogP contribution in [-0.4, -0.2) is 50.5 Å². The highest BCUT2D eigenvalue weighted by atomic mass is 16.2. The zero-order valence-corrected chi connectivity index (χ0v) is 12.4. The number of carbonyl (C=O) groups excluding carboxylic acids is 1. The molecule has 0 bridgehead atoms. The topological polar surface area (TPSA) is 105 Å². The van der Waals surface area contributed by atoms with E-state index >= 15 is 0 Å². The van der Waals surface area contributed by atoms with E-state index in [4.69, 9.17) is 0 Å². The van der Waals surface area contributed by atoms with Crippen LogP contribution in [-0.2, 0) is 18.9 Å². The SMILES string of the molecule is CN(C)C(=O)CCNc1nc2c([nH]1)c(=O)n(C)c(=O)n2C. The summed E-state index contributed by atoms with van der Waals surface area (Å²) < 4.78 is 2.31. The van der Waals surface area contributed by atoms with Crippen LogP contribution in [0.1, 0.15) is 6.42 Å². The summed E-state index contributed by atoms with van der Waals surface area (Å²) in [5.74, 6) is 0.344. The predicted molar refractivity (Wildman–Crippen MR) is 78.4 cm³/mol. The van der Waals surface area contributed by atoms with Crippen LogP contribution < -0.4 is 16.6 Å². The van der Waals surface area contributed by atoms with E-state index in [0.717, 1.165) is 4.57 Å². The van der Waals surface area contributed by atoms with E-state index in [2.05, 4.69) is 15.3 Å². The summed E-state index contributed by atoms with van der Waals surface area (Å²) >= 11 is 0. The number of H-pyrrole nitrogens is 1. The third-order valence-electron chi connectivity index (χ3n) is 3.22. The molecule has 21 heavy (non-hydrogen) atoms.